The summed E-state index contributed by atoms with van der Waals surface area (Å²) in [5.41, 5.74) is 2.75. The van der Waals surface area contributed by atoms with Crippen LogP contribution in [0.5, 0.6) is 5.75 Å². The molecule has 0 N–H and O–H groups in total. The van der Waals surface area contributed by atoms with Gasteiger partial charge < -0.3 is 4.74 Å². The Morgan fingerprint density at radius 3 is 1.94 bits per heavy atom. The SMILES string of the molecule is CCc1cc(F)c(CCc2ccc3c(F)c(CCc4ccc(OC(F)(F)F)cc4)ccc3c2)c(F)c1. The second-order valence-corrected chi connectivity index (χ2v) is 8.68. The number of alkyl halides is 3. The summed E-state index contributed by atoms with van der Waals surface area (Å²) < 4.78 is 84.5. The molecule has 0 bridgehead atoms. The molecule has 0 fully saturated rings. The first kappa shape index (κ1) is 25.6. The topological polar surface area (TPSA) is 9.23 Å². The van der Waals surface area contributed by atoms with Crippen molar-refractivity contribution in [2.75, 3.05) is 0 Å². The number of hydrogen-bond acceptors (Lipinski definition) is 1. The first-order valence-corrected chi connectivity index (χ1v) is 11.6. The smallest absolute Gasteiger partial charge is 0.406 e. The molecule has 0 aromatic heterocycles. The van der Waals surface area contributed by atoms with Crippen LogP contribution in [0.1, 0.15) is 34.7 Å². The van der Waals surface area contributed by atoms with E-state index in [0.29, 0.717) is 47.6 Å². The predicted molar refractivity (Wildman–Crippen MR) is 128 cm³/mol. The lowest BCUT2D eigenvalue weighted by Gasteiger charge is -2.11. The average molecular weight is 502 g/mol. The van der Waals surface area contributed by atoms with Crippen LogP contribution in [0.3, 0.4) is 0 Å². The molecule has 0 aliphatic rings. The fourth-order valence-corrected chi connectivity index (χ4v) is 4.24. The molecule has 0 atom stereocenters. The monoisotopic (exact) mass is 502 g/mol. The average Bonchev–Trinajstić information content (AvgIpc) is 2.83. The molecule has 0 heterocycles. The molecule has 1 nitrogen and oxygen atoms in total. The van der Waals surface area contributed by atoms with Gasteiger partial charge in [0.15, 0.2) is 0 Å². The van der Waals surface area contributed by atoms with Crippen molar-refractivity contribution in [3.8, 4) is 5.75 Å². The number of ether oxygens (including phenoxy) is 1. The third-order valence-corrected chi connectivity index (χ3v) is 6.21. The lowest BCUT2D eigenvalue weighted by atomic mass is 9.97. The van der Waals surface area contributed by atoms with Crippen molar-refractivity contribution >= 4 is 10.8 Å². The van der Waals surface area contributed by atoms with E-state index in [1.165, 1.54) is 36.4 Å². The molecule has 0 saturated carbocycles. The molecule has 0 spiro atoms. The number of hydrogen-bond donors (Lipinski definition) is 0. The first-order valence-electron chi connectivity index (χ1n) is 11.6. The van der Waals surface area contributed by atoms with E-state index in [2.05, 4.69) is 4.74 Å². The molecule has 4 rings (SSSR count). The van der Waals surface area contributed by atoms with E-state index >= 15 is 4.39 Å². The van der Waals surface area contributed by atoms with Crippen LogP contribution in [-0.4, -0.2) is 6.36 Å². The number of benzene rings is 4. The van der Waals surface area contributed by atoms with Gasteiger partial charge in [-0.15, -0.1) is 13.2 Å². The lowest BCUT2D eigenvalue weighted by molar-refractivity contribution is -0.274. The summed E-state index contributed by atoms with van der Waals surface area (Å²) in [6, 6.07) is 17.0. The van der Waals surface area contributed by atoms with Crippen molar-refractivity contribution in [3.05, 3.63) is 112 Å². The van der Waals surface area contributed by atoms with Crippen LogP contribution in [-0.2, 0) is 32.1 Å². The Kier molecular flexibility index (Phi) is 7.57. The van der Waals surface area contributed by atoms with Crippen molar-refractivity contribution < 1.29 is 31.1 Å². The molecule has 36 heavy (non-hydrogen) atoms. The maximum atomic E-state index is 15.1. The highest BCUT2D eigenvalue weighted by atomic mass is 19.4. The molecule has 4 aromatic rings. The van der Waals surface area contributed by atoms with E-state index in [-0.39, 0.29) is 23.6 Å². The second-order valence-electron chi connectivity index (χ2n) is 8.68. The molecule has 0 radical (unpaired) electrons. The van der Waals surface area contributed by atoms with Gasteiger partial charge in [0.25, 0.3) is 0 Å². The van der Waals surface area contributed by atoms with Crippen LogP contribution in [0.25, 0.3) is 10.8 Å². The summed E-state index contributed by atoms with van der Waals surface area (Å²) in [5, 5.41) is 1.12. The Hall–Kier alpha value is -3.48. The Labute approximate surface area is 205 Å². The summed E-state index contributed by atoms with van der Waals surface area (Å²) >= 11 is 0. The Bertz CT molecular complexity index is 1340. The van der Waals surface area contributed by atoms with Crippen LogP contribution < -0.4 is 4.74 Å². The van der Waals surface area contributed by atoms with Crippen molar-refractivity contribution in [1.82, 2.24) is 0 Å². The number of halogens is 6. The predicted octanol–water partition coefficient (Wildman–Crippen LogP) is 8.29. The van der Waals surface area contributed by atoms with E-state index in [0.717, 1.165) is 11.1 Å². The Balaban J connectivity index is 1.43. The largest absolute Gasteiger partial charge is 0.573 e. The number of fused-ring (bicyclic) bond motifs is 1. The summed E-state index contributed by atoms with van der Waals surface area (Å²) in [4.78, 5) is 0. The lowest BCUT2D eigenvalue weighted by Crippen LogP contribution is -2.17. The first-order chi connectivity index (χ1) is 17.1. The van der Waals surface area contributed by atoms with E-state index in [9.17, 15) is 22.0 Å². The second kappa shape index (κ2) is 10.6. The highest BCUT2D eigenvalue weighted by molar-refractivity contribution is 5.84. The maximum Gasteiger partial charge on any atom is 0.573 e. The molecule has 4 aromatic carbocycles. The van der Waals surface area contributed by atoms with Crippen LogP contribution in [0, 0.1) is 17.5 Å². The van der Waals surface area contributed by atoms with E-state index in [1.54, 1.807) is 24.3 Å². The van der Waals surface area contributed by atoms with Gasteiger partial charge in [0.05, 0.1) is 0 Å². The van der Waals surface area contributed by atoms with Gasteiger partial charge in [-0.1, -0.05) is 49.4 Å². The van der Waals surface area contributed by atoms with E-state index in [4.69, 9.17) is 0 Å². The zero-order chi connectivity index (χ0) is 25.9. The van der Waals surface area contributed by atoms with Gasteiger partial charge >= 0.3 is 6.36 Å². The minimum Gasteiger partial charge on any atom is -0.406 e. The van der Waals surface area contributed by atoms with Crippen molar-refractivity contribution in [3.63, 3.8) is 0 Å². The molecule has 7 heteroatoms. The fourth-order valence-electron chi connectivity index (χ4n) is 4.24. The van der Waals surface area contributed by atoms with Crippen LogP contribution in [0.15, 0.2) is 66.7 Å². The quantitative estimate of drug-likeness (QED) is 0.220. The number of rotatable bonds is 8. The fraction of sp³-hybridized carbons (Fsp3) is 0.241. The van der Waals surface area contributed by atoms with E-state index in [1.807, 2.05) is 13.0 Å². The van der Waals surface area contributed by atoms with Gasteiger partial charge in [0.2, 0.25) is 0 Å². The van der Waals surface area contributed by atoms with Crippen LogP contribution in [0.4, 0.5) is 26.3 Å². The summed E-state index contributed by atoms with van der Waals surface area (Å²) in [5.74, 6) is -1.76. The van der Waals surface area contributed by atoms with Gasteiger partial charge in [-0.25, -0.2) is 13.2 Å². The summed E-state index contributed by atoms with van der Waals surface area (Å²) in [7, 11) is 0. The molecule has 0 saturated heterocycles. The van der Waals surface area contributed by atoms with Gasteiger partial charge in [-0.2, -0.15) is 0 Å². The third-order valence-electron chi connectivity index (χ3n) is 6.21. The Morgan fingerprint density at radius 2 is 1.31 bits per heavy atom. The highest BCUT2D eigenvalue weighted by Gasteiger charge is 2.30. The molecule has 0 amide bonds. The minimum atomic E-state index is -4.75. The minimum absolute atomic E-state index is 0.0480. The number of aryl methyl sites for hydroxylation is 4. The van der Waals surface area contributed by atoms with Gasteiger partial charge in [-0.05, 0) is 84.0 Å². The van der Waals surface area contributed by atoms with Crippen LogP contribution >= 0.6 is 0 Å². The highest BCUT2D eigenvalue weighted by Crippen LogP contribution is 2.26. The molecular formula is C29H24F6O. The molecule has 0 aliphatic carbocycles. The summed E-state index contributed by atoms with van der Waals surface area (Å²) in [6.45, 7) is 1.84. The maximum absolute atomic E-state index is 15.1. The molecular weight excluding hydrogens is 478 g/mol. The zero-order valence-corrected chi connectivity index (χ0v) is 19.6. The standard InChI is InChI=1S/C29H24F6O/c1-2-18-16-26(30)25(27(31)17-18)14-7-20-6-13-24-22(15-20)10-9-21(28(24)32)8-3-19-4-11-23(12-5-19)36-29(33,34)35/h4-6,9-13,15-17H,2-3,7-8,14H2,1H3. The van der Waals surface area contributed by atoms with Crippen molar-refractivity contribution in [2.45, 2.75) is 45.4 Å². The van der Waals surface area contributed by atoms with Crippen molar-refractivity contribution in [2.24, 2.45) is 0 Å². The normalized spacial score (nSPS) is 11.8. The molecule has 188 valence electrons. The third kappa shape index (κ3) is 6.20. The summed E-state index contributed by atoms with van der Waals surface area (Å²) in [6.07, 6.45) is -2.78. The van der Waals surface area contributed by atoms with Gasteiger partial charge in [-0.3, -0.25) is 0 Å². The molecule has 0 unspecified atom stereocenters. The Morgan fingerprint density at radius 1 is 0.667 bits per heavy atom. The zero-order valence-electron chi connectivity index (χ0n) is 19.6. The molecule has 0 aliphatic heterocycles. The van der Waals surface area contributed by atoms with Crippen molar-refractivity contribution in [1.29, 1.82) is 0 Å². The van der Waals surface area contributed by atoms with Gasteiger partial charge in [0.1, 0.15) is 23.2 Å². The van der Waals surface area contributed by atoms with Gasteiger partial charge in [0, 0.05) is 10.9 Å². The van der Waals surface area contributed by atoms with Crippen LogP contribution in [0.2, 0.25) is 0 Å². The van der Waals surface area contributed by atoms with E-state index < -0.39 is 18.0 Å².